The van der Waals surface area contributed by atoms with E-state index >= 15 is 0 Å². The molecule has 28 heavy (non-hydrogen) atoms. The predicted octanol–water partition coefficient (Wildman–Crippen LogP) is 3.62. The summed E-state index contributed by atoms with van der Waals surface area (Å²) in [4.78, 5) is 12.8. The van der Waals surface area contributed by atoms with Crippen LogP contribution < -0.4 is 10.6 Å². The van der Waals surface area contributed by atoms with Gasteiger partial charge in [0.1, 0.15) is 23.9 Å². The standard InChI is InChI=1S/C22H21N5O/c23-11-18(12-24)20(13-25)26-19-3-1-17(2-4-19)21(28)27-22-8-14-5-15(9-22)7-16(6-14)10-22/h1-4,14-16,26H,5-10H2,(H,27,28). The summed E-state index contributed by atoms with van der Waals surface area (Å²) in [7, 11) is 0. The van der Waals surface area contributed by atoms with Crippen LogP contribution in [0.4, 0.5) is 5.69 Å². The summed E-state index contributed by atoms with van der Waals surface area (Å²) in [6.07, 6.45) is 7.30. The number of carbonyl (C=O) groups is 1. The molecule has 4 bridgehead atoms. The Morgan fingerprint density at radius 2 is 1.43 bits per heavy atom. The maximum atomic E-state index is 12.8. The van der Waals surface area contributed by atoms with Gasteiger partial charge >= 0.3 is 0 Å². The molecule has 4 saturated carbocycles. The van der Waals surface area contributed by atoms with Gasteiger partial charge in [0.15, 0.2) is 5.57 Å². The van der Waals surface area contributed by atoms with Crippen LogP contribution in [0.15, 0.2) is 35.5 Å². The molecule has 0 atom stereocenters. The molecule has 0 saturated heterocycles. The lowest BCUT2D eigenvalue weighted by molar-refractivity contribution is -0.0167. The van der Waals surface area contributed by atoms with Gasteiger partial charge in [0.25, 0.3) is 5.91 Å². The molecule has 0 aliphatic heterocycles. The van der Waals surface area contributed by atoms with E-state index < -0.39 is 0 Å². The van der Waals surface area contributed by atoms with Crippen molar-refractivity contribution < 1.29 is 4.79 Å². The second-order valence-corrected chi connectivity index (χ2v) is 8.44. The van der Waals surface area contributed by atoms with Crippen molar-refractivity contribution in [1.82, 2.24) is 5.32 Å². The Labute approximate surface area is 164 Å². The van der Waals surface area contributed by atoms with Gasteiger partial charge in [-0.3, -0.25) is 4.79 Å². The van der Waals surface area contributed by atoms with E-state index in [1.165, 1.54) is 19.3 Å². The van der Waals surface area contributed by atoms with Crippen molar-refractivity contribution in [3.8, 4) is 18.2 Å². The second kappa shape index (κ2) is 7.02. The fourth-order valence-corrected chi connectivity index (χ4v) is 5.71. The lowest BCUT2D eigenvalue weighted by Gasteiger charge is -2.56. The van der Waals surface area contributed by atoms with Crippen LogP contribution in [0.2, 0.25) is 0 Å². The molecule has 4 fully saturated rings. The summed E-state index contributed by atoms with van der Waals surface area (Å²) in [5.74, 6) is 2.25. The fraction of sp³-hybridized carbons (Fsp3) is 0.455. The first-order chi connectivity index (χ1) is 13.5. The number of carbonyl (C=O) groups excluding carboxylic acids is 1. The number of nitriles is 3. The molecule has 1 amide bonds. The Balaban J connectivity index is 1.45. The average molecular weight is 371 g/mol. The van der Waals surface area contributed by atoms with Crippen molar-refractivity contribution >= 4 is 11.6 Å². The van der Waals surface area contributed by atoms with Crippen LogP contribution in [-0.2, 0) is 0 Å². The molecule has 2 N–H and O–H groups in total. The molecule has 4 aliphatic carbocycles. The van der Waals surface area contributed by atoms with Crippen molar-refractivity contribution in [2.75, 3.05) is 5.32 Å². The number of benzene rings is 1. The Hall–Kier alpha value is -3.30. The van der Waals surface area contributed by atoms with Gasteiger partial charge in [-0.05, 0) is 80.5 Å². The lowest BCUT2D eigenvalue weighted by atomic mass is 9.53. The Kier molecular flexibility index (Phi) is 4.54. The number of nitrogens with zero attached hydrogens (tertiary/aromatic N) is 3. The van der Waals surface area contributed by atoms with E-state index in [1.54, 1.807) is 36.4 Å². The monoisotopic (exact) mass is 371 g/mol. The van der Waals surface area contributed by atoms with Gasteiger partial charge < -0.3 is 10.6 Å². The molecule has 5 rings (SSSR count). The largest absolute Gasteiger partial charge is 0.347 e. The Morgan fingerprint density at radius 1 is 0.893 bits per heavy atom. The van der Waals surface area contributed by atoms with Crippen LogP contribution in [0.1, 0.15) is 48.9 Å². The predicted molar refractivity (Wildman–Crippen MR) is 102 cm³/mol. The highest BCUT2D eigenvalue weighted by Gasteiger charge is 2.51. The van der Waals surface area contributed by atoms with Gasteiger partial charge in [-0.2, -0.15) is 15.8 Å². The number of rotatable bonds is 4. The quantitative estimate of drug-likeness (QED) is 0.785. The van der Waals surface area contributed by atoms with Crippen molar-refractivity contribution in [2.45, 2.75) is 44.1 Å². The van der Waals surface area contributed by atoms with Gasteiger partial charge in [-0.15, -0.1) is 0 Å². The van der Waals surface area contributed by atoms with Crippen LogP contribution in [0.5, 0.6) is 0 Å². The van der Waals surface area contributed by atoms with E-state index in [9.17, 15) is 4.79 Å². The van der Waals surface area contributed by atoms with E-state index in [4.69, 9.17) is 15.8 Å². The molecular formula is C22H21N5O. The first-order valence-corrected chi connectivity index (χ1v) is 9.68. The smallest absolute Gasteiger partial charge is 0.251 e. The van der Waals surface area contributed by atoms with E-state index in [1.807, 2.05) is 6.07 Å². The Bertz CT molecular complexity index is 903. The molecule has 1 aromatic rings. The van der Waals surface area contributed by atoms with Gasteiger partial charge in [0, 0.05) is 16.8 Å². The van der Waals surface area contributed by atoms with Gasteiger partial charge in [-0.25, -0.2) is 0 Å². The molecule has 0 heterocycles. The van der Waals surface area contributed by atoms with Crippen molar-refractivity contribution in [3.63, 3.8) is 0 Å². The molecule has 6 heteroatoms. The summed E-state index contributed by atoms with van der Waals surface area (Å²) in [5, 5.41) is 33.0. The molecule has 4 aliphatic rings. The highest BCUT2D eigenvalue weighted by molar-refractivity contribution is 5.95. The molecule has 0 radical (unpaired) electrons. The van der Waals surface area contributed by atoms with Gasteiger partial charge in [0.05, 0.1) is 0 Å². The van der Waals surface area contributed by atoms with E-state index in [0.717, 1.165) is 37.0 Å². The summed E-state index contributed by atoms with van der Waals surface area (Å²) >= 11 is 0. The average Bonchev–Trinajstić information content (AvgIpc) is 2.67. The van der Waals surface area contributed by atoms with Gasteiger partial charge in [0.2, 0.25) is 0 Å². The zero-order valence-corrected chi connectivity index (χ0v) is 15.5. The third kappa shape index (κ3) is 3.32. The molecule has 0 unspecified atom stereocenters. The van der Waals surface area contributed by atoms with Crippen LogP contribution in [-0.4, -0.2) is 11.4 Å². The minimum absolute atomic E-state index is 0.0338. The molecule has 0 spiro atoms. The van der Waals surface area contributed by atoms with E-state index in [0.29, 0.717) is 11.3 Å². The third-order valence-corrected chi connectivity index (χ3v) is 6.42. The number of anilines is 1. The van der Waals surface area contributed by atoms with Gasteiger partial charge in [-0.1, -0.05) is 0 Å². The summed E-state index contributed by atoms with van der Waals surface area (Å²) in [6, 6.07) is 12.0. The normalized spacial score (nSPS) is 29.1. The maximum absolute atomic E-state index is 12.8. The lowest BCUT2D eigenvalue weighted by Crippen LogP contribution is -2.59. The number of hydrogen-bond donors (Lipinski definition) is 2. The van der Waals surface area contributed by atoms with E-state index in [2.05, 4.69) is 10.6 Å². The number of hydrogen-bond acceptors (Lipinski definition) is 5. The summed E-state index contributed by atoms with van der Waals surface area (Å²) in [6.45, 7) is 0. The van der Waals surface area contributed by atoms with Crippen molar-refractivity contribution in [2.24, 2.45) is 17.8 Å². The van der Waals surface area contributed by atoms with Crippen LogP contribution in [0, 0.1) is 51.7 Å². The molecule has 1 aromatic carbocycles. The molecule has 0 aromatic heterocycles. The summed E-state index contributed by atoms with van der Waals surface area (Å²) in [5.41, 5.74) is 0.714. The van der Waals surface area contributed by atoms with Crippen molar-refractivity contribution in [3.05, 3.63) is 41.1 Å². The number of amides is 1. The first-order valence-electron chi connectivity index (χ1n) is 9.68. The maximum Gasteiger partial charge on any atom is 0.251 e. The van der Waals surface area contributed by atoms with Crippen LogP contribution in [0.3, 0.4) is 0 Å². The second-order valence-electron chi connectivity index (χ2n) is 8.44. The third-order valence-electron chi connectivity index (χ3n) is 6.42. The SMILES string of the molecule is N#CC(C#N)=C(C#N)Nc1ccc(C(=O)NC23CC4CC(CC(C4)C2)C3)cc1. The molecule has 140 valence electrons. The van der Waals surface area contributed by atoms with Crippen molar-refractivity contribution in [1.29, 1.82) is 15.8 Å². The first kappa shape index (κ1) is 18.1. The summed E-state index contributed by atoms with van der Waals surface area (Å²) < 4.78 is 0. The highest BCUT2D eigenvalue weighted by Crippen LogP contribution is 2.55. The zero-order valence-electron chi connectivity index (χ0n) is 15.5. The molecule has 6 nitrogen and oxygen atoms in total. The van der Waals surface area contributed by atoms with E-state index in [-0.39, 0.29) is 22.7 Å². The minimum Gasteiger partial charge on any atom is -0.347 e. The topological polar surface area (TPSA) is 112 Å². The Morgan fingerprint density at radius 3 is 1.89 bits per heavy atom. The highest BCUT2D eigenvalue weighted by atomic mass is 16.1. The number of nitrogens with one attached hydrogen (secondary N) is 2. The molecular weight excluding hydrogens is 350 g/mol. The van der Waals surface area contributed by atoms with Crippen LogP contribution >= 0.6 is 0 Å². The number of allylic oxidation sites excluding steroid dienone is 2. The fourth-order valence-electron chi connectivity index (χ4n) is 5.71. The zero-order chi connectivity index (χ0) is 19.7. The minimum atomic E-state index is -0.272. The van der Waals surface area contributed by atoms with Crippen LogP contribution in [0.25, 0.3) is 0 Å².